The van der Waals surface area contributed by atoms with Crippen molar-refractivity contribution in [2.24, 2.45) is 0 Å². The van der Waals surface area contributed by atoms with Crippen LogP contribution in [0.3, 0.4) is 0 Å². The van der Waals surface area contributed by atoms with Gasteiger partial charge in [0.15, 0.2) is 9.84 Å². The summed E-state index contributed by atoms with van der Waals surface area (Å²) >= 11 is 0. The molecule has 0 radical (unpaired) electrons. The molecular weight excluding hydrogens is 340 g/mol. The summed E-state index contributed by atoms with van der Waals surface area (Å²) in [6.45, 7) is 0.964. The first-order valence-corrected chi connectivity index (χ1v) is 9.70. The molecule has 0 aliphatic carbocycles. The van der Waals surface area contributed by atoms with Gasteiger partial charge in [-0.25, -0.2) is 8.42 Å². The number of hydrogen-bond acceptors (Lipinski definition) is 4. The zero-order chi connectivity index (χ0) is 18.0. The fourth-order valence-electron chi connectivity index (χ4n) is 2.73. The summed E-state index contributed by atoms with van der Waals surface area (Å²) in [5, 5.41) is 2.69. The van der Waals surface area contributed by atoms with Gasteiger partial charge in [-0.1, -0.05) is 24.3 Å². The average Bonchev–Trinajstić information content (AvgIpc) is 2.60. The number of sulfone groups is 1. The van der Waals surface area contributed by atoms with E-state index in [1.54, 1.807) is 42.5 Å². The average molecular weight is 358 g/mol. The van der Waals surface area contributed by atoms with Crippen molar-refractivity contribution in [3.8, 4) is 11.1 Å². The van der Waals surface area contributed by atoms with Crippen molar-refractivity contribution in [1.82, 2.24) is 10.2 Å². The Hall–Kier alpha value is -2.67. The Kier molecular flexibility index (Phi) is 4.59. The molecule has 2 amide bonds. The molecule has 1 aliphatic rings. The van der Waals surface area contributed by atoms with Gasteiger partial charge >= 0.3 is 0 Å². The number of rotatable bonds is 3. The molecule has 7 heteroatoms. The van der Waals surface area contributed by atoms with Gasteiger partial charge in [0, 0.05) is 24.9 Å². The van der Waals surface area contributed by atoms with Crippen molar-refractivity contribution in [2.45, 2.75) is 4.90 Å². The molecule has 1 aliphatic heterocycles. The molecule has 0 aromatic heterocycles. The summed E-state index contributed by atoms with van der Waals surface area (Å²) in [5.74, 6) is -0.382. The van der Waals surface area contributed by atoms with E-state index >= 15 is 0 Å². The lowest BCUT2D eigenvalue weighted by Gasteiger charge is -2.26. The van der Waals surface area contributed by atoms with Gasteiger partial charge in [0.2, 0.25) is 5.91 Å². The maximum Gasteiger partial charge on any atom is 0.254 e. The Morgan fingerprint density at radius 2 is 1.76 bits per heavy atom. The molecule has 1 fully saturated rings. The van der Waals surface area contributed by atoms with Crippen molar-refractivity contribution < 1.29 is 18.0 Å². The molecule has 2 aromatic rings. The summed E-state index contributed by atoms with van der Waals surface area (Å²) < 4.78 is 23.5. The molecule has 1 N–H and O–H groups in total. The Balaban J connectivity index is 1.92. The molecule has 0 saturated carbocycles. The molecule has 1 saturated heterocycles. The Morgan fingerprint density at radius 3 is 2.44 bits per heavy atom. The smallest absolute Gasteiger partial charge is 0.254 e. The van der Waals surface area contributed by atoms with Crippen LogP contribution in [0.15, 0.2) is 53.4 Å². The van der Waals surface area contributed by atoms with E-state index in [2.05, 4.69) is 5.32 Å². The molecule has 3 rings (SSSR count). The van der Waals surface area contributed by atoms with Crippen molar-refractivity contribution in [3.63, 3.8) is 0 Å². The van der Waals surface area contributed by atoms with Gasteiger partial charge in [-0.3, -0.25) is 9.59 Å². The van der Waals surface area contributed by atoms with Crippen LogP contribution in [0, 0.1) is 0 Å². The summed E-state index contributed by atoms with van der Waals surface area (Å²) in [5.41, 5.74) is 1.93. The van der Waals surface area contributed by atoms with Crippen molar-refractivity contribution in [3.05, 3.63) is 54.1 Å². The second kappa shape index (κ2) is 6.68. The third-order valence-electron chi connectivity index (χ3n) is 4.03. The van der Waals surface area contributed by atoms with Gasteiger partial charge in [0.05, 0.1) is 11.4 Å². The highest BCUT2D eigenvalue weighted by molar-refractivity contribution is 7.90. The molecule has 25 heavy (non-hydrogen) atoms. The molecular formula is C18H18N2O4S. The quantitative estimate of drug-likeness (QED) is 0.897. The summed E-state index contributed by atoms with van der Waals surface area (Å²) in [6.07, 6.45) is 1.16. The van der Waals surface area contributed by atoms with Crippen LogP contribution in [-0.4, -0.2) is 51.0 Å². The molecule has 0 atom stereocenters. The SMILES string of the molecule is CS(=O)(=O)c1cccc(-c2cccc(C(=O)N3CCNC(=O)C3)c2)c1. The minimum atomic E-state index is -3.30. The molecule has 1 heterocycles. The van der Waals surface area contributed by atoms with Crippen molar-refractivity contribution >= 4 is 21.7 Å². The minimum Gasteiger partial charge on any atom is -0.353 e. The van der Waals surface area contributed by atoms with E-state index in [0.29, 0.717) is 24.2 Å². The van der Waals surface area contributed by atoms with E-state index in [-0.39, 0.29) is 23.3 Å². The summed E-state index contributed by atoms with van der Waals surface area (Å²) in [7, 11) is -3.30. The van der Waals surface area contributed by atoms with E-state index in [1.807, 2.05) is 6.07 Å². The van der Waals surface area contributed by atoms with Gasteiger partial charge in [0.1, 0.15) is 0 Å². The highest BCUT2D eigenvalue weighted by Gasteiger charge is 2.22. The van der Waals surface area contributed by atoms with E-state index in [0.717, 1.165) is 11.8 Å². The maximum atomic E-state index is 12.6. The van der Waals surface area contributed by atoms with Crippen LogP contribution < -0.4 is 5.32 Å². The topological polar surface area (TPSA) is 83.6 Å². The third kappa shape index (κ3) is 3.88. The van der Waals surface area contributed by atoms with Crippen LogP contribution in [-0.2, 0) is 14.6 Å². The van der Waals surface area contributed by atoms with E-state index in [9.17, 15) is 18.0 Å². The van der Waals surface area contributed by atoms with E-state index in [1.165, 1.54) is 4.90 Å². The highest BCUT2D eigenvalue weighted by atomic mass is 32.2. The molecule has 0 spiro atoms. The van der Waals surface area contributed by atoms with Crippen LogP contribution in [0.4, 0.5) is 0 Å². The van der Waals surface area contributed by atoms with Crippen LogP contribution in [0.1, 0.15) is 10.4 Å². The highest BCUT2D eigenvalue weighted by Crippen LogP contribution is 2.24. The van der Waals surface area contributed by atoms with Gasteiger partial charge in [-0.05, 0) is 35.4 Å². The first-order valence-electron chi connectivity index (χ1n) is 7.81. The van der Waals surface area contributed by atoms with E-state index < -0.39 is 9.84 Å². The van der Waals surface area contributed by atoms with Crippen molar-refractivity contribution in [2.75, 3.05) is 25.9 Å². The molecule has 0 unspecified atom stereocenters. The zero-order valence-electron chi connectivity index (χ0n) is 13.7. The second-order valence-corrected chi connectivity index (χ2v) is 7.97. The first-order chi connectivity index (χ1) is 11.8. The number of nitrogens with zero attached hydrogens (tertiary/aromatic N) is 1. The predicted octanol–water partition coefficient (Wildman–Crippen LogP) is 1.33. The Bertz CT molecular complexity index is 938. The normalized spacial score (nSPS) is 14.9. The lowest BCUT2D eigenvalue weighted by Crippen LogP contribution is -2.49. The van der Waals surface area contributed by atoms with Crippen LogP contribution in [0.25, 0.3) is 11.1 Å². The number of carbonyl (C=O) groups is 2. The lowest BCUT2D eigenvalue weighted by molar-refractivity contribution is -0.123. The fourth-order valence-corrected chi connectivity index (χ4v) is 3.40. The zero-order valence-corrected chi connectivity index (χ0v) is 14.5. The number of nitrogens with one attached hydrogen (secondary N) is 1. The summed E-state index contributed by atoms with van der Waals surface area (Å²) in [4.78, 5) is 25.8. The van der Waals surface area contributed by atoms with Gasteiger partial charge in [-0.15, -0.1) is 0 Å². The van der Waals surface area contributed by atoms with Crippen LogP contribution in [0.5, 0.6) is 0 Å². The lowest BCUT2D eigenvalue weighted by atomic mass is 10.0. The first kappa shape index (κ1) is 17.2. The van der Waals surface area contributed by atoms with Gasteiger partial charge < -0.3 is 10.2 Å². The van der Waals surface area contributed by atoms with Gasteiger partial charge in [-0.2, -0.15) is 0 Å². The van der Waals surface area contributed by atoms with Crippen molar-refractivity contribution in [1.29, 1.82) is 0 Å². The monoisotopic (exact) mass is 358 g/mol. The summed E-state index contributed by atoms with van der Waals surface area (Å²) in [6, 6.07) is 13.6. The number of benzene rings is 2. The number of amides is 2. The number of carbonyl (C=O) groups excluding carboxylic acids is 2. The molecule has 6 nitrogen and oxygen atoms in total. The second-order valence-electron chi connectivity index (χ2n) is 5.96. The maximum absolute atomic E-state index is 12.6. The van der Waals surface area contributed by atoms with Crippen LogP contribution in [0.2, 0.25) is 0 Å². The minimum absolute atomic E-state index is 0.0482. The fraction of sp³-hybridized carbons (Fsp3) is 0.222. The molecule has 2 aromatic carbocycles. The number of hydrogen-bond donors (Lipinski definition) is 1. The standard InChI is InChI=1S/C18H18N2O4S/c1-25(23,24)16-7-3-5-14(11-16)13-4-2-6-15(10-13)18(22)20-9-8-19-17(21)12-20/h2-7,10-11H,8-9,12H2,1H3,(H,19,21). The molecule has 130 valence electrons. The Labute approximate surface area is 146 Å². The van der Waals surface area contributed by atoms with E-state index in [4.69, 9.17) is 0 Å². The largest absolute Gasteiger partial charge is 0.353 e. The third-order valence-corrected chi connectivity index (χ3v) is 5.14. The Morgan fingerprint density at radius 1 is 1.08 bits per heavy atom. The molecule has 0 bridgehead atoms. The number of piperazine rings is 1. The predicted molar refractivity (Wildman–Crippen MR) is 93.9 cm³/mol. The van der Waals surface area contributed by atoms with Crippen LogP contribution >= 0.6 is 0 Å². The van der Waals surface area contributed by atoms with Gasteiger partial charge in [0.25, 0.3) is 5.91 Å².